The lowest BCUT2D eigenvalue weighted by atomic mass is 9.99. The van der Waals surface area contributed by atoms with E-state index < -0.39 is 117 Å². The summed E-state index contributed by atoms with van der Waals surface area (Å²) in [6, 6.07) is 1.80. The average Bonchev–Trinajstić information content (AvgIpc) is 4.04. The molecule has 430 valence electrons. The molecule has 0 aliphatic carbocycles. The number of halogens is 3. The van der Waals surface area contributed by atoms with E-state index in [4.69, 9.17) is 33.2 Å². The number of aliphatic hydroxyl groups is 8. The van der Waals surface area contributed by atoms with Crippen molar-refractivity contribution in [1.29, 1.82) is 0 Å². The number of hydrogen-bond acceptors (Lipinski definition) is 22. The number of benzene rings is 1. The van der Waals surface area contributed by atoms with Gasteiger partial charge in [0, 0.05) is 42.5 Å². The molecule has 5 heterocycles. The Bertz CT molecular complexity index is 2030. The molecule has 0 bridgehead atoms. The molecule has 76 heavy (non-hydrogen) atoms. The van der Waals surface area contributed by atoms with Crippen LogP contribution in [-0.2, 0) is 43.7 Å². The Morgan fingerprint density at radius 2 is 1.33 bits per heavy atom. The van der Waals surface area contributed by atoms with Crippen LogP contribution in [0.2, 0.25) is 0 Å². The van der Waals surface area contributed by atoms with Gasteiger partial charge in [-0.05, 0) is 37.8 Å². The number of carbonyl (C=O) groups excluding carboxylic acids is 4. The molecule has 6 rings (SSSR count). The Labute approximate surface area is 439 Å². The van der Waals surface area contributed by atoms with Crippen molar-refractivity contribution in [2.24, 2.45) is 10.2 Å². The third-order valence-corrected chi connectivity index (χ3v) is 14.7. The molecule has 1 aromatic carbocycles. The number of carbonyl (C=O) groups is 4. The number of rotatable bonds is 32. The smallest absolute Gasteiger partial charge is 0.442 e. The molecule has 4 fully saturated rings. The van der Waals surface area contributed by atoms with Gasteiger partial charge in [0.2, 0.25) is 11.8 Å². The number of hydrogen-bond donors (Lipinski definition) is 13. The first-order chi connectivity index (χ1) is 36.4. The number of unbranched alkanes of at least 4 members (excludes halogenated alkanes) is 3. The quantitative estimate of drug-likeness (QED) is 0.0263. The Morgan fingerprint density at radius 3 is 1.92 bits per heavy atom. The van der Waals surface area contributed by atoms with Crippen LogP contribution in [0.5, 0.6) is 5.75 Å². The summed E-state index contributed by atoms with van der Waals surface area (Å²) in [4.78, 5) is 50.0. The largest absolute Gasteiger partial charge is 0.490 e. The van der Waals surface area contributed by atoms with Gasteiger partial charge >= 0.3 is 17.9 Å². The van der Waals surface area contributed by atoms with Crippen LogP contribution in [0.3, 0.4) is 0 Å². The highest BCUT2D eigenvalue weighted by Crippen LogP contribution is 2.53. The number of nitrogens with zero attached hydrogens (tertiary/aromatic N) is 2. The van der Waals surface area contributed by atoms with Gasteiger partial charge in [0.05, 0.1) is 76.5 Å². The fraction of sp³-hybridized carbons (Fsp3) is 0.783. The Morgan fingerprint density at radius 1 is 0.750 bits per heavy atom. The Hall–Kier alpha value is -4.12. The van der Waals surface area contributed by atoms with Crippen molar-refractivity contribution in [2.75, 3.05) is 78.3 Å². The number of aliphatic hydroxyl groups excluding tert-OH is 8. The van der Waals surface area contributed by atoms with Gasteiger partial charge in [0.25, 0.3) is 5.91 Å². The van der Waals surface area contributed by atoms with Crippen LogP contribution in [0.25, 0.3) is 0 Å². The second kappa shape index (κ2) is 29.2. The first kappa shape index (κ1) is 61.1. The number of fused-ring (bicyclic) bond motifs is 1. The van der Waals surface area contributed by atoms with Crippen molar-refractivity contribution >= 4 is 35.5 Å². The molecule has 5 aliphatic rings. The van der Waals surface area contributed by atoms with Gasteiger partial charge in [-0.3, -0.25) is 14.4 Å². The minimum Gasteiger partial charge on any atom is -0.490 e. The monoisotopic (exact) mass is 1110 g/mol. The van der Waals surface area contributed by atoms with E-state index in [-0.39, 0.29) is 80.8 Å². The van der Waals surface area contributed by atoms with Gasteiger partial charge in [0.1, 0.15) is 61.2 Å². The average molecular weight is 1110 g/mol. The zero-order chi connectivity index (χ0) is 55.0. The van der Waals surface area contributed by atoms with E-state index in [9.17, 15) is 73.2 Å². The highest BCUT2D eigenvalue weighted by atomic mass is 32.2. The SMILES string of the molecule is O=C(CCCC[C@@H]1SCC2NC(=O)NC21)NCCCCCC(=O)NCCOCCOCCOc1cc(C2(C(F)(F)F)N=N2)ccc1C(=O)NC(CO[C@H]1O[C@H](CO)[C@@H](O)[C@H](O)[C@H]1O)CO[C@H]1O[C@H](CO)[C@@H](O)[C@H](O)[C@H]1O. The highest BCUT2D eigenvalue weighted by molar-refractivity contribution is 8.00. The lowest BCUT2D eigenvalue weighted by Crippen LogP contribution is -2.60. The molecule has 30 heteroatoms. The lowest BCUT2D eigenvalue weighted by Gasteiger charge is -2.41. The summed E-state index contributed by atoms with van der Waals surface area (Å²) in [5, 5.41) is 102. The predicted molar refractivity (Wildman–Crippen MR) is 255 cm³/mol. The fourth-order valence-electron chi connectivity index (χ4n) is 8.78. The maximum absolute atomic E-state index is 14.1. The molecule has 13 N–H and O–H groups in total. The highest BCUT2D eigenvalue weighted by Gasteiger charge is 2.65. The van der Waals surface area contributed by atoms with Gasteiger partial charge in [-0.25, -0.2) is 4.79 Å². The maximum Gasteiger partial charge on any atom is 0.442 e. The van der Waals surface area contributed by atoms with Crippen LogP contribution in [0.1, 0.15) is 67.3 Å². The molecule has 26 nitrogen and oxygen atoms in total. The first-order valence-corrected chi connectivity index (χ1v) is 26.2. The van der Waals surface area contributed by atoms with Crippen molar-refractivity contribution in [3.05, 3.63) is 29.3 Å². The third kappa shape index (κ3) is 16.7. The standard InChI is InChI=1S/C46H70F3N7O19S/c47-46(48,49)45(55-56-45)24-9-10-26(41(67)52-25(21-72-42-39(65)37(63)35(61)29(19-57)74-42)22-73-43-40(66)38(64)36(62)30(20-58)75-43)28(18-24)71-17-16-70-15-14-69-13-12-51-33(60)7-2-1-5-11-50-32(59)8-4-3-6-31-34-27(23-76-31)53-44(68)54-34/h9-10,18,25,27,29-31,34-40,42-43,57-58,61-66H,1-8,11-17,19-23H2,(H,50,59)(H,51,60)(H,52,67)(H2,53,54,68)/t27?,29-,30-,31+,34?,35-,36-,37+,38+,39-,40-,42+,43+/m1/s1. The van der Waals surface area contributed by atoms with E-state index in [0.717, 1.165) is 56.1 Å². The molecule has 4 saturated heterocycles. The number of amides is 5. The summed E-state index contributed by atoms with van der Waals surface area (Å²) in [6.45, 7) is -2.18. The third-order valence-electron chi connectivity index (χ3n) is 13.2. The van der Waals surface area contributed by atoms with Gasteiger partial charge in [-0.2, -0.15) is 24.9 Å². The summed E-state index contributed by atoms with van der Waals surface area (Å²) in [6.07, 6.45) is -16.4. The van der Waals surface area contributed by atoms with Crippen LogP contribution in [0, 0.1) is 0 Å². The van der Waals surface area contributed by atoms with Crippen molar-refractivity contribution in [3.8, 4) is 5.75 Å². The molecule has 13 atom stereocenters. The summed E-state index contributed by atoms with van der Waals surface area (Å²) in [5.41, 5.74) is -3.69. The zero-order valence-electron chi connectivity index (χ0n) is 41.5. The molecular formula is C46H70F3N7O19S. The minimum atomic E-state index is -4.94. The number of urea groups is 1. The van der Waals surface area contributed by atoms with Gasteiger partial charge in [-0.1, -0.05) is 18.9 Å². The van der Waals surface area contributed by atoms with E-state index >= 15 is 0 Å². The molecule has 5 amide bonds. The fourth-order valence-corrected chi connectivity index (χ4v) is 10.3. The predicted octanol–water partition coefficient (Wildman–Crippen LogP) is -2.47. The van der Waals surface area contributed by atoms with Crippen molar-refractivity contribution in [2.45, 2.75) is 148 Å². The van der Waals surface area contributed by atoms with Gasteiger partial charge in [-0.15, -0.1) is 10.2 Å². The molecule has 0 aromatic heterocycles. The van der Waals surface area contributed by atoms with Crippen LogP contribution in [0.15, 0.2) is 28.4 Å². The van der Waals surface area contributed by atoms with Gasteiger partial charge < -0.3 is 101 Å². The van der Waals surface area contributed by atoms with E-state index in [1.54, 1.807) is 0 Å². The Balaban J connectivity index is 0.900. The minimum absolute atomic E-state index is 0.00374. The van der Waals surface area contributed by atoms with Crippen molar-refractivity contribution < 1.29 is 106 Å². The second-order valence-corrected chi connectivity index (χ2v) is 20.0. The Kier molecular flexibility index (Phi) is 23.5. The summed E-state index contributed by atoms with van der Waals surface area (Å²) >= 11 is 1.85. The molecule has 2 unspecified atom stereocenters. The van der Waals surface area contributed by atoms with Crippen LogP contribution in [0.4, 0.5) is 18.0 Å². The van der Waals surface area contributed by atoms with Crippen LogP contribution < -0.4 is 31.3 Å². The van der Waals surface area contributed by atoms with Crippen LogP contribution >= 0.6 is 11.8 Å². The number of thioether (sulfide) groups is 1. The summed E-state index contributed by atoms with van der Waals surface area (Å²) in [7, 11) is 0. The maximum atomic E-state index is 14.1. The van der Waals surface area contributed by atoms with E-state index in [0.29, 0.717) is 31.1 Å². The molecule has 0 spiro atoms. The molecule has 0 saturated carbocycles. The number of ether oxygens (including phenoxy) is 7. The van der Waals surface area contributed by atoms with E-state index in [2.05, 4.69) is 36.8 Å². The molecular weight excluding hydrogens is 1040 g/mol. The van der Waals surface area contributed by atoms with Crippen molar-refractivity contribution in [1.82, 2.24) is 26.6 Å². The van der Waals surface area contributed by atoms with E-state index in [1.165, 1.54) is 0 Å². The first-order valence-electron chi connectivity index (χ1n) is 25.2. The van der Waals surface area contributed by atoms with Crippen LogP contribution in [-0.4, -0.2) is 234 Å². The normalized spacial score (nSPS) is 29.6. The molecule has 0 radical (unpaired) electrons. The summed E-state index contributed by atoms with van der Waals surface area (Å²) in [5.74, 6) is -0.612. The van der Waals surface area contributed by atoms with Crippen molar-refractivity contribution in [3.63, 3.8) is 0 Å². The van der Waals surface area contributed by atoms with E-state index in [1.807, 2.05) is 11.8 Å². The lowest BCUT2D eigenvalue weighted by molar-refractivity contribution is -0.309. The molecule has 5 aliphatic heterocycles. The summed E-state index contributed by atoms with van der Waals surface area (Å²) < 4.78 is 80.9. The zero-order valence-corrected chi connectivity index (χ0v) is 42.3. The molecule has 1 aromatic rings. The number of alkyl halides is 3. The van der Waals surface area contributed by atoms with Gasteiger partial charge in [0.15, 0.2) is 12.6 Å². The second-order valence-electron chi connectivity index (χ2n) is 18.8. The topological polar surface area (TPSA) is 380 Å². The number of nitrogens with one attached hydrogen (secondary N) is 5.